The smallest absolute Gasteiger partial charge is 0.261 e. The van der Waals surface area contributed by atoms with Gasteiger partial charge in [-0.15, -0.1) is 0 Å². The van der Waals surface area contributed by atoms with Crippen LogP contribution in [0.3, 0.4) is 0 Å². The fraction of sp³-hybridized carbons (Fsp3) is 0.208. The number of sulfonamides is 1. The van der Waals surface area contributed by atoms with E-state index in [4.69, 9.17) is 0 Å². The second-order valence-corrected chi connectivity index (χ2v) is 9.53. The standard InChI is InChI=1S/C24H24N2O4S/c1-15-7-12-20(13-16(15)2)31(29,30)26-19-10-8-17(9-11-19)24(28)25-23-21-6-4-3-5-18(21)14-22(23)27/h3-13,22-23,26-27H,14H2,1-2H3,(H,25,28). The Bertz CT molecular complexity index is 1240. The fourth-order valence-corrected chi connectivity index (χ4v) is 4.90. The molecule has 0 saturated carbocycles. The Morgan fingerprint density at radius 1 is 0.968 bits per heavy atom. The third-order valence-electron chi connectivity index (χ3n) is 5.68. The van der Waals surface area contributed by atoms with E-state index >= 15 is 0 Å². The van der Waals surface area contributed by atoms with Crippen molar-refractivity contribution >= 4 is 21.6 Å². The van der Waals surface area contributed by atoms with Crippen LogP contribution in [0.2, 0.25) is 0 Å². The Morgan fingerprint density at radius 2 is 1.68 bits per heavy atom. The van der Waals surface area contributed by atoms with Gasteiger partial charge in [0.15, 0.2) is 0 Å². The van der Waals surface area contributed by atoms with Crippen LogP contribution >= 0.6 is 0 Å². The molecule has 0 radical (unpaired) electrons. The van der Waals surface area contributed by atoms with E-state index in [0.29, 0.717) is 17.7 Å². The second kappa shape index (κ2) is 8.17. The SMILES string of the molecule is Cc1ccc(S(=O)(=O)Nc2ccc(C(=O)NC3c4ccccc4CC3O)cc2)cc1C. The Labute approximate surface area is 182 Å². The number of hydrogen-bond donors (Lipinski definition) is 3. The van der Waals surface area contributed by atoms with Crippen LogP contribution in [0.25, 0.3) is 0 Å². The zero-order chi connectivity index (χ0) is 22.2. The van der Waals surface area contributed by atoms with E-state index in [0.717, 1.165) is 22.3 Å². The van der Waals surface area contributed by atoms with Gasteiger partial charge in [-0.05, 0) is 72.5 Å². The fourth-order valence-electron chi connectivity index (χ4n) is 3.76. The van der Waals surface area contributed by atoms with Crippen molar-refractivity contribution in [3.63, 3.8) is 0 Å². The molecule has 7 heteroatoms. The van der Waals surface area contributed by atoms with Gasteiger partial charge < -0.3 is 10.4 Å². The molecule has 4 rings (SSSR count). The van der Waals surface area contributed by atoms with E-state index in [2.05, 4.69) is 10.0 Å². The van der Waals surface area contributed by atoms with Gasteiger partial charge in [0.25, 0.3) is 15.9 Å². The summed E-state index contributed by atoms with van der Waals surface area (Å²) in [6.45, 7) is 3.79. The number of nitrogens with one attached hydrogen (secondary N) is 2. The molecule has 1 aliphatic rings. The van der Waals surface area contributed by atoms with E-state index in [1.165, 1.54) is 0 Å². The molecule has 6 nitrogen and oxygen atoms in total. The topological polar surface area (TPSA) is 95.5 Å². The number of amides is 1. The van der Waals surface area contributed by atoms with Crippen LogP contribution in [0.5, 0.6) is 0 Å². The lowest BCUT2D eigenvalue weighted by atomic mass is 10.1. The first kappa shape index (κ1) is 21.1. The van der Waals surface area contributed by atoms with Gasteiger partial charge in [0.1, 0.15) is 0 Å². The molecule has 0 heterocycles. The molecule has 1 aliphatic carbocycles. The first-order chi connectivity index (χ1) is 14.7. The number of carbonyl (C=O) groups is 1. The number of aryl methyl sites for hydroxylation is 2. The maximum atomic E-state index is 12.7. The highest BCUT2D eigenvalue weighted by Crippen LogP contribution is 2.31. The summed E-state index contributed by atoms with van der Waals surface area (Å²) in [4.78, 5) is 12.9. The van der Waals surface area contributed by atoms with Gasteiger partial charge in [0.05, 0.1) is 17.0 Å². The van der Waals surface area contributed by atoms with Gasteiger partial charge >= 0.3 is 0 Å². The Morgan fingerprint density at radius 3 is 2.39 bits per heavy atom. The van der Waals surface area contributed by atoms with Crippen molar-refractivity contribution in [2.75, 3.05) is 4.72 Å². The summed E-state index contributed by atoms with van der Waals surface area (Å²) in [5.41, 5.74) is 4.60. The van der Waals surface area contributed by atoms with E-state index < -0.39 is 22.2 Å². The van der Waals surface area contributed by atoms with E-state index in [1.807, 2.05) is 38.1 Å². The predicted octanol–water partition coefficient (Wildman–Crippen LogP) is 3.49. The van der Waals surface area contributed by atoms with Crippen molar-refractivity contribution in [2.24, 2.45) is 0 Å². The lowest BCUT2D eigenvalue weighted by Gasteiger charge is -2.18. The van der Waals surface area contributed by atoms with E-state index in [9.17, 15) is 18.3 Å². The molecule has 2 unspecified atom stereocenters. The molecule has 31 heavy (non-hydrogen) atoms. The summed E-state index contributed by atoms with van der Waals surface area (Å²) in [5.74, 6) is -0.329. The first-order valence-corrected chi connectivity index (χ1v) is 11.5. The maximum Gasteiger partial charge on any atom is 0.261 e. The highest BCUT2D eigenvalue weighted by Gasteiger charge is 2.32. The zero-order valence-corrected chi connectivity index (χ0v) is 18.1. The van der Waals surface area contributed by atoms with Crippen LogP contribution in [0.1, 0.15) is 38.7 Å². The minimum Gasteiger partial charge on any atom is -0.390 e. The summed E-state index contributed by atoms with van der Waals surface area (Å²) in [6, 6.07) is 18.4. The molecule has 0 aliphatic heterocycles. The minimum atomic E-state index is -3.73. The zero-order valence-electron chi connectivity index (χ0n) is 17.3. The lowest BCUT2D eigenvalue weighted by molar-refractivity contribution is 0.0858. The number of rotatable bonds is 5. The summed E-state index contributed by atoms with van der Waals surface area (Å²) < 4.78 is 27.8. The van der Waals surface area contributed by atoms with Gasteiger partial charge in [-0.1, -0.05) is 30.3 Å². The highest BCUT2D eigenvalue weighted by atomic mass is 32.2. The summed E-state index contributed by atoms with van der Waals surface area (Å²) in [5, 5.41) is 13.2. The van der Waals surface area contributed by atoms with Crippen LogP contribution in [-0.2, 0) is 16.4 Å². The number of aliphatic hydroxyl groups is 1. The van der Waals surface area contributed by atoms with Crippen LogP contribution < -0.4 is 10.0 Å². The maximum absolute atomic E-state index is 12.7. The molecule has 3 aromatic rings. The summed E-state index contributed by atoms with van der Waals surface area (Å²) in [6.07, 6.45) is -0.175. The van der Waals surface area contributed by atoms with Crippen molar-refractivity contribution < 1.29 is 18.3 Å². The van der Waals surface area contributed by atoms with Gasteiger partial charge in [0, 0.05) is 17.7 Å². The van der Waals surface area contributed by atoms with Crippen molar-refractivity contribution in [3.05, 3.63) is 94.5 Å². The predicted molar refractivity (Wildman–Crippen MR) is 120 cm³/mol. The van der Waals surface area contributed by atoms with Crippen LogP contribution in [0.15, 0.2) is 71.6 Å². The van der Waals surface area contributed by atoms with Gasteiger partial charge in [-0.3, -0.25) is 9.52 Å². The number of fused-ring (bicyclic) bond motifs is 1. The van der Waals surface area contributed by atoms with Crippen molar-refractivity contribution in [3.8, 4) is 0 Å². The molecule has 0 saturated heterocycles. The Hall–Kier alpha value is -3.16. The Kier molecular flexibility index (Phi) is 5.56. The van der Waals surface area contributed by atoms with Crippen molar-refractivity contribution in [1.29, 1.82) is 0 Å². The van der Waals surface area contributed by atoms with Crippen molar-refractivity contribution in [2.45, 2.75) is 37.3 Å². The largest absolute Gasteiger partial charge is 0.390 e. The second-order valence-electron chi connectivity index (χ2n) is 7.85. The third kappa shape index (κ3) is 4.33. The van der Waals surface area contributed by atoms with E-state index in [-0.39, 0.29) is 10.8 Å². The molecule has 0 spiro atoms. The first-order valence-electron chi connectivity index (χ1n) is 10.0. The van der Waals surface area contributed by atoms with E-state index in [1.54, 1.807) is 42.5 Å². The molecule has 0 fully saturated rings. The molecule has 0 bridgehead atoms. The lowest BCUT2D eigenvalue weighted by Crippen LogP contribution is -2.33. The molecule has 2 atom stereocenters. The number of hydrogen-bond acceptors (Lipinski definition) is 4. The molecule has 1 amide bonds. The number of benzene rings is 3. The van der Waals surface area contributed by atoms with Crippen molar-refractivity contribution in [1.82, 2.24) is 5.32 Å². The molecular weight excluding hydrogens is 412 g/mol. The number of anilines is 1. The molecule has 3 aromatic carbocycles. The monoisotopic (exact) mass is 436 g/mol. The van der Waals surface area contributed by atoms with Gasteiger partial charge in [-0.2, -0.15) is 0 Å². The summed E-state index contributed by atoms with van der Waals surface area (Å²) >= 11 is 0. The minimum absolute atomic E-state index is 0.186. The summed E-state index contributed by atoms with van der Waals surface area (Å²) in [7, 11) is -3.73. The average molecular weight is 437 g/mol. The van der Waals surface area contributed by atoms with Crippen LogP contribution in [0.4, 0.5) is 5.69 Å². The Balaban J connectivity index is 1.47. The average Bonchev–Trinajstić information content (AvgIpc) is 3.05. The third-order valence-corrected chi connectivity index (χ3v) is 7.06. The molecule has 160 valence electrons. The molecule has 0 aromatic heterocycles. The highest BCUT2D eigenvalue weighted by molar-refractivity contribution is 7.92. The normalized spacial score (nSPS) is 17.8. The molecular formula is C24H24N2O4S. The molecule has 3 N–H and O–H groups in total. The van der Waals surface area contributed by atoms with Crippen LogP contribution in [-0.4, -0.2) is 25.5 Å². The van der Waals surface area contributed by atoms with Gasteiger partial charge in [-0.25, -0.2) is 8.42 Å². The quantitative estimate of drug-likeness (QED) is 0.571. The van der Waals surface area contributed by atoms with Gasteiger partial charge in [0.2, 0.25) is 0 Å². The van der Waals surface area contributed by atoms with Crippen LogP contribution in [0, 0.1) is 13.8 Å². The number of carbonyl (C=O) groups excluding carboxylic acids is 1. The number of aliphatic hydroxyl groups excluding tert-OH is 1.